The molecule has 1 aromatic heterocycles. The summed E-state index contributed by atoms with van der Waals surface area (Å²) >= 11 is 0. The minimum Gasteiger partial charge on any atom is -0.328 e. The Morgan fingerprint density at radius 1 is 1.54 bits per heavy atom. The molecular formula is C9H17N3O. The van der Waals surface area contributed by atoms with Crippen LogP contribution in [0.25, 0.3) is 0 Å². The molecule has 0 aromatic carbocycles. The Balaban J connectivity index is 2.46. The highest BCUT2D eigenvalue weighted by Crippen LogP contribution is 1.95. The normalized spacial score (nSPS) is 13.2. The molecule has 0 fully saturated rings. The maximum atomic E-state index is 11.3. The van der Waals surface area contributed by atoms with Gasteiger partial charge in [0.1, 0.15) is 0 Å². The van der Waals surface area contributed by atoms with Crippen molar-refractivity contribution in [2.24, 2.45) is 12.8 Å². The van der Waals surface area contributed by atoms with E-state index in [-0.39, 0.29) is 11.7 Å². The summed E-state index contributed by atoms with van der Waals surface area (Å²) < 4.78 is 3.29. The van der Waals surface area contributed by atoms with Crippen LogP contribution in [0.3, 0.4) is 0 Å². The van der Waals surface area contributed by atoms with E-state index in [0.29, 0.717) is 0 Å². The third-order valence-corrected chi connectivity index (χ3v) is 2.08. The van der Waals surface area contributed by atoms with Gasteiger partial charge >= 0.3 is 5.69 Å². The highest BCUT2D eigenvalue weighted by molar-refractivity contribution is 4.79. The SMILES string of the molecule is CC(N)CCCn1ccn(C)c1=O. The molecule has 0 saturated carbocycles. The molecular weight excluding hydrogens is 166 g/mol. The Hall–Kier alpha value is -1.03. The molecule has 0 saturated heterocycles. The van der Waals surface area contributed by atoms with Crippen molar-refractivity contribution in [3.63, 3.8) is 0 Å². The molecule has 74 valence electrons. The first kappa shape index (κ1) is 10.1. The van der Waals surface area contributed by atoms with E-state index in [1.54, 1.807) is 22.4 Å². The molecule has 13 heavy (non-hydrogen) atoms. The van der Waals surface area contributed by atoms with Gasteiger partial charge in [-0.25, -0.2) is 4.79 Å². The predicted octanol–water partition coefficient (Wildman–Crippen LogP) is 0.314. The van der Waals surface area contributed by atoms with E-state index in [1.807, 2.05) is 13.1 Å². The van der Waals surface area contributed by atoms with E-state index in [9.17, 15) is 4.79 Å². The molecule has 1 heterocycles. The number of nitrogens with zero attached hydrogens (tertiary/aromatic N) is 2. The topological polar surface area (TPSA) is 52.9 Å². The third kappa shape index (κ3) is 2.73. The van der Waals surface area contributed by atoms with Crippen LogP contribution in [0, 0.1) is 0 Å². The van der Waals surface area contributed by atoms with Gasteiger partial charge in [-0.05, 0) is 19.8 Å². The van der Waals surface area contributed by atoms with E-state index < -0.39 is 0 Å². The van der Waals surface area contributed by atoms with Crippen molar-refractivity contribution in [1.29, 1.82) is 0 Å². The van der Waals surface area contributed by atoms with Crippen molar-refractivity contribution in [1.82, 2.24) is 9.13 Å². The Kier molecular flexibility index (Phi) is 3.31. The second-order valence-electron chi connectivity index (χ2n) is 3.50. The predicted molar refractivity (Wildman–Crippen MR) is 52.6 cm³/mol. The molecule has 1 unspecified atom stereocenters. The number of rotatable bonds is 4. The lowest BCUT2D eigenvalue weighted by Crippen LogP contribution is -2.23. The number of hydrogen-bond acceptors (Lipinski definition) is 2. The Labute approximate surface area is 78.0 Å². The first-order chi connectivity index (χ1) is 6.11. The van der Waals surface area contributed by atoms with Gasteiger partial charge in [0.15, 0.2) is 0 Å². The minimum absolute atomic E-state index is 0.0460. The van der Waals surface area contributed by atoms with Crippen molar-refractivity contribution < 1.29 is 0 Å². The van der Waals surface area contributed by atoms with Gasteiger partial charge in [-0.15, -0.1) is 0 Å². The first-order valence-corrected chi connectivity index (χ1v) is 4.58. The van der Waals surface area contributed by atoms with Gasteiger partial charge in [-0.1, -0.05) is 0 Å². The summed E-state index contributed by atoms with van der Waals surface area (Å²) in [6.07, 6.45) is 5.50. The van der Waals surface area contributed by atoms with Gasteiger partial charge in [0.25, 0.3) is 0 Å². The fraction of sp³-hybridized carbons (Fsp3) is 0.667. The third-order valence-electron chi connectivity index (χ3n) is 2.08. The maximum Gasteiger partial charge on any atom is 0.327 e. The van der Waals surface area contributed by atoms with Crippen molar-refractivity contribution >= 4 is 0 Å². The molecule has 2 N–H and O–H groups in total. The average Bonchev–Trinajstić information content (AvgIpc) is 2.35. The summed E-state index contributed by atoms with van der Waals surface area (Å²) in [5, 5.41) is 0. The number of nitrogens with two attached hydrogens (primary N) is 1. The Morgan fingerprint density at radius 3 is 2.69 bits per heavy atom. The van der Waals surface area contributed by atoms with E-state index >= 15 is 0 Å². The fourth-order valence-corrected chi connectivity index (χ4v) is 1.26. The van der Waals surface area contributed by atoms with E-state index in [0.717, 1.165) is 19.4 Å². The summed E-state index contributed by atoms with van der Waals surface area (Å²) in [5.74, 6) is 0. The number of imidazole rings is 1. The molecule has 0 aliphatic rings. The quantitative estimate of drug-likeness (QED) is 0.730. The van der Waals surface area contributed by atoms with E-state index in [1.165, 1.54) is 0 Å². The smallest absolute Gasteiger partial charge is 0.327 e. The van der Waals surface area contributed by atoms with Gasteiger partial charge in [-0.3, -0.25) is 4.57 Å². The molecule has 0 spiro atoms. The molecule has 1 rings (SSSR count). The van der Waals surface area contributed by atoms with Crippen LogP contribution >= 0.6 is 0 Å². The summed E-state index contributed by atoms with van der Waals surface area (Å²) in [5.41, 5.74) is 5.65. The van der Waals surface area contributed by atoms with E-state index in [2.05, 4.69) is 0 Å². The molecule has 0 radical (unpaired) electrons. The monoisotopic (exact) mass is 183 g/mol. The lowest BCUT2D eigenvalue weighted by atomic mass is 10.2. The van der Waals surface area contributed by atoms with Crippen LogP contribution in [-0.4, -0.2) is 15.2 Å². The van der Waals surface area contributed by atoms with Crippen LogP contribution in [-0.2, 0) is 13.6 Å². The van der Waals surface area contributed by atoms with Gasteiger partial charge in [-0.2, -0.15) is 0 Å². The summed E-state index contributed by atoms with van der Waals surface area (Å²) in [6.45, 7) is 2.75. The molecule has 4 heteroatoms. The van der Waals surface area contributed by atoms with E-state index in [4.69, 9.17) is 5.73 Å². The largest absolute Gasteiger partial charge is 0.328 e. The van der Waals surface area contributed by atoms with Crippen LogP contribution in [0.15, 0.2) is 17.2 Å². The van der Waals surface area contributed by atoms with Crippen molar-refractivity contribution in [2.45, 2.75) is 32.4 Å². The summed E-state index contributed by atoms with van der Waals surface area (Å²) in [4.78, 5) is 11.3. The molecule has 1 atom stereocenters. The molecule has 0 aliphatic heterocycles. The number of aryl methyl sites for hydroxylation is 2. The fourth-order valence-electron chi connectivity index (χ4n) is 1.26. The second-order valence-corrected chi connectivity index (χ2v) is 3.50. The first-order valence-electron chi connectivity index (χ1n) is 4.58. The number of hydrogen-bond donors (Lipinski definition) is 1. The van der Waals surface area contributed by atoms with Gasteiger partial charge in [0.2, 0.25) is 0 Å². The van der Waals surface area contributed by atoms with Crippen LogP contribution < -0.4 is 11.4 Å². The Bertz CT molecular complexity index is 311. The summed E-state index contributed by atoms with van der Waals surface area (Å²) in [7, 11) is 1.75. The van der Waals surface area contributed by atoms with Crippen molar-refractivity contribution in [2.75, 3.05) is 0 Å². The van der Waals surface area contributed by atoms with Gasteiger partial charge in [0.05, 0.1) is 0 Å². The highest BCUT2D eigenvalue weighted by Gasteiger charge is 1.99. The zero-order valence-corrected chi connectivity index (χ0v) is 8.23. The van der Waals surface area contributed by atoms with Crippen LogP contribution in [0.5, 0.6) is 0 Å². The van der Waals surface area contributed by atoms with Crippen LogP contribution in [0.4, 0.5) is 0 Å². The van der Waals surface area contributed by atoms with Gasteiger partial charge < -0.3 is 10.3 Å². The maximum absolute atomic E-state index is 11.3. The second kappa shape index (κ2) is 4.28. The molecule has 0 bridgehead atoms. The van der Waals surface area contributed by atoms with Crippen LogP contribution in [0.1, 0.15) is 19.8 Å². The zero-order valence-electron chi connectivity index (χ0n) is 8.23. The lowest BCUT2D eigenvalue weighted by molar-refractivity contribution is 0.544. The standard InChI is InChI=1S/C9H17N3O/c1-8(10)4-3-5-12-7-6-11(2)9(12)13/h6-8H,3-5,10H2,1-2H3. The average molecular weight is 183 g/mol. The highest BCUT2D eigenvalue weighted by atomic mass is 16.1. The van der Waals surface area contributed by atoms with Gasteiger partial charge in [0, 0.05) is 32.0 Å². The van der Waals surface area contributed by atoms with Crippen molar-refractivity contribution in [3.8, 4) is 0 Å². The van der Waals surface area contributed by atoms with Crippen LogP contribution in [0.2, 0.25) is 0 Å². The molecule has 4 nitrogen and oxygen atoms in total. The lowest BCUT2D eigenvalue weighted by Gasteiger charge is -2.04. The Morgan fingerprint density at radius 2 is 2.23 bits per heavy atom. The zero-order chi connectivity index (χ0) is 9.84. The molecule has 1 aromatic rings. The van der Waals surface area contributed by atoms with Crippen molar-refractivity contribution in [3.05, 3.63) is 22.9 Å². The minimum atomic E-state index is 0.0460. The summed E-state index contributed by atoms with van der Waals surface area (Å²) in [6, 6.07) is 0.222. The number of aromatic nitrogens is 2. The molecule has 0 aliphatic carbocycles. The molecule has 0 amide bonds.